The van der Waals surface area contributed by atoms with Crippen LogP contribution in [0.1, 0.15) is 6.92 Å². The van der Waals surface area contributed by atoms with Crippen LogP contribution in [0.15, 0.2) is 0 Å². The van der Waals surface area contributed by atoms with E-state index in [1.54, 1.807) is 0 Å². The van der Waals surface area contributed by atoms with Gasteiger partial charge in [0.2, 0.25) is 0 Å². The van der Waals surface area contributed by atoms with Crippen molar-refractivity contribution in [3.05, 3.63) is 0 Å². The summed E-state index contributed by atoms with van der Waals surface area (Å²) >= 11 is 0. The van der Waals surface area contributed by atoms with Gasteiger partial charge < -0.3 is 0 Å². The first-order chi connectivity index (χ1) is 2.27. The molecule has 0 aliphatic rings. The van der Waals surface area contributed by atoms with Gasteiger partial charge in [-0.15, -0.1) is 0 Å². The van der Waals surface area contributed by atoms with Crippen molar-refractivity contribution in [3.63, 3.8) is 0 Å². The van der Waals surface area contributed by atoms with Gasteiger partial charge in [-0.2, -0.15) is 0 Å². The van der Waals surface area contributed by atoms with E-state index < -0.39 is 5.97 Å². The molecule has 4 heteroatoms. The fourth-order valence-corrected chi connectivity index (χ4v) is 0. The van der Waals surface area contributed by atoms with E-state index in [9.17, 15) is 9.32 Å². The number of carbonyl (C=O) groups is 1. The van der Waals surface area contributed by atoms with E-state index in [4.69, 9.17) is 0 Å². The molecule has 0 spiro atoms. The Morgan fingerprint density at radius 1 is 1.83 bits per heavy atom. The maximum absolute atomic E-state index is 10.3. The summed E-state index contributed by atoms with van der Waals surface area (Å²) in [5.74, 6) is -0.912. The van der Waals surface area contributed by atoms with Gasteiger partial charge in [-0.25, -0.2) is 4.79 Å². The summed E-state index contributed by atoms with van der Waals surface area (Å²) in [5, 5.41) is 0. The minimum absolute atomic E-state index is 0. The molecule has 0 saturated carbocycles. The van der Waals surface area contributed by atoms with Gasteiger partial charge in [0.15, 0.2) is 0 Å². The summed E-state index contributed by atoms with van der Waals surface area (Å²) in [4.78, 5) is 11.8. The van der Waals surface area contributed by atoms with Gasteiger partial charge in [0.1, 0.15) is 0 Å². The van der Waals surface area contributed by atoms with Gasteiger partial charge in [-0.3, -0.25) is 4.94 Å². The van der Waals surface area contributed by atoms with Crippen LogP contribution < -0.4 is 0 Å². The number of hydrogen-bond acceptors (Lipinski definition) is 2. The normalized spacial score (nSPS) is 5.67. The summed E-state index contributed by atoms with van der Waals surface area (Å²) in [5.41, 5.74) is 0. The Labute approximate surface area is 93.8 Å². The van der Waals surface area contributed by atoms with Crippen LogP contribution in [0.5, 0.6) is 0 Å². The molecule has 0 saturated heterocycles. The molecule has 0 aromatic carbocycles. The van der Waals surface area contributed by atoms with Gasteiger partial charge in [0.25, 0.3) is 0 Å². The van der Waals surface area contributed by atoms with E-state index in [1.807, 2.05) is 0 Å². The predicted octanol–water partition coefficient (Wildman–Crippen LogP) is -0.215. The molecule has 0 rings (SSSR count). The Bertz CT molecular complexity index is 46.8. The van der Waals surface area contributed by atoms with Crippen molar-refractivity contribution in [3.8, 4) is 0 Å². The zero-order chi connectivity index (χ0) is 4.28. The van der Waals surface area contributed by atoms with E-state index in [0.717, 1.165) is 6.92 Å². The van der Waals surface area contributed by atoms with E-state index in [-0.39, 0.29) is 68.9 Å². The standard InChI is InChI=1S/C2H3FO2.Cs.H/c1-2(4)5-3;;/h1H3;;. The van der Waals surface area contributed by atoms with Crippen molar-refractivity contribution in [2.75, 3.05) is 0 Å². The van der Waals surface area contributed by atoms with E-state index in [2.05, 4.69) is 4.94 Å². The molecule has 0 radical (unpaired) electrons. The first kappa shape index (κ1) is 10.4. The predicted molar refractivity (Wildman–Crippen MR) is 20.0 cm³/mol. The molecular weight excluding hydrogens is 208 g/mol. The average molecular weight is 212 g/mol. The van der Waals surface area contributed by atoms with Crippen LogP contribution in [-0.2, 0) is 9.74 Å². The Morgan fingerprint density at radius 2 is 2.00 bits per heavy atom. The third-order valence-corrected chi connectivity index (χ3v) is 0.109. The Morgan fingerprint density at radius 3 is 2.00 bits per heavy atom. The SMILES string of the molecule is CC(=O)OF.[CsH]. The molecule has 6 heavy (non-hydrogen) atoms. The second kappa shape index (κ2) is 6.45. The summed E-state index contributed by atoms with van der Waals surface area (Å²) in [6.45, 7) is 0.986. The van der Waals surface area contributed by atoms with Crippen LogP contribution in [0, 0.1) is 0 Å². The quantitative estimate of drug-likeness (QED) is 0.555. The first-order valence-corrected chi connectivity index (χ1v) is 1.06. The number of carbonyl (C=O) groups excluding carboxylic acids is 1. The molecule has 0 unspecified atom stereocenters. The summed E-state index contributed by atoms with van der Waals surface area (Å²) < 4.78 is 10.3. The molecule has 0 aliphatic heterocycles. The van der Waals surface area contributed by atoms with E-state index in [0.29, 0.717) is 0 Å². The van der Waals surface area contributed by atoms with Crippen LogP contribution in [-0.4, -0.2) is 74.9 Å². The van der Waals surface area contributed by atoms with Crippen molar-refractivity contribution < 1.29 is 14.3 Å². The van der Waals surface area contributed by atoms with Gasteiger partial charge >= 0.3 is 74.9 Å². The van der Waals surface area contributed by atoms with Gasteiger partial charge in [0, 0.05) is 11.4 Å². The van der Waals surface area contributed by atoms with E-state index in [1.165, 1.54) is 0 Å². The molecule has 0 aliphatic carbocycles. The average Bonchev–Trinajstić information content (AvgIpc) is 1.38. The molecule has 0 aromatic rings. The summed E-state index contributed by atoms with van der Waals surface area (Å²) in [7, 11) is 0. The third-order valence-electron chi connectivity index (χ3n) is 0.109. The zero-order valence-corrected chi connectivity index (χ0v) is 2.69. The van der Waals surface area contributed by atoms with Crippen LogP contribution in [0.4, 0.5) is 4.53 Å². The maximum atomic E-state index is 10.3. The zero-order valence-electron chi connectivity index (χ0n) is 2.69. The molecule has 2 nitrogen and oxygen atoms in total. The number of rotatable bonds is 0. The number of hydrogen-bond donors (Lipinski definition) is 0. The molecule has 0 fully saturated rings. The van der Waals surface area contributed by atoms with Crippen LogP contribution in [0.25, 0.3) is 0 Å². The van der Waals surface area contributed by atoms with E-state index >= 15 is 0 Å². The summed E-state index contributed by atoms with van der Waals surface area (Å²) in [6.07, 6.45) is 0. The third kappa shape index (κ3) is 9.07. The minimum atomic E-state index is -0.912. The van der Waals surface area contributed by atoms with Crippen LogP contribution >= 0.6 is 0 Å². The monoisotopic (exact) mass is 212 g/mol. The molecule has 0 amide bonds. The van der Waals surface area contributed by atoms with Crippen molar-refractivity contribution in [1.29, 1.82) is 0 Å². The fourth-order valence-electron chi connectivity index (χ4n) is 0. The fraction of sp³-hybridized carbons (Fsp3) is 0.500. The topological polar surface area (TPSA) is 26.3 Å². The van der Waals surface area contributed by atoms with Crippen molar-refractivity contribution in [2.24, 2.45) is 0 Å². The molecule has 0 bridgehead atoms. The number of halogens is 1. The molecular formula is C2H4CsFO2. The summed E-state index contributed by atoms with van der Waals surface area (Å²) in [6, 6.07) is 0. The molecule has 0 aromatic heterocycles. The van der Waals surface area contributed by atoms with Crippen LogP contribution in [0.3, 0.4) is 0 Å². The Balaban J connectivity index is 0. The second-order valence-corrected chi connectivity index (χ2v) is 0.569. The van der Waals surface area contributed by atoms with Crippen molar-refractivity contribution in [2.45, 2.75) is 6.92 Å². The molecule has 0 atom stereocenters. The van der Waals surface area contributed by atoms with Gasteiger partial charge in [0.05, 0.1) is 0 Å². The molecule has 0 heterocycles. The van der Waals surface area contributed by atoms with Crippen molar-refractivity contribution in [1.82, 2.24) is 0 Å². The van der Waals surface area contributed by atoms with Crippen molar-refractivity contribution >= 4 is 74.9 Å². The first-order valence-electron chi connectivity index (χ1n) is 1.06. The Kier molecular flexibility index (Phi) is 11.2. The molecule has 0 N–H and O–H groups in total. The van der Waals surface area contributed by atoms with Gasteiger partial charge in [-0.05, 0) is 0 Å². The molecule has 32 valence electrons. The Hall–Kier alpha value is 1.45. The second-order valence-electron chi connectivity index (χ2n) is 0.569. The van der Waals surface area contributed by atoms with Gasteiger partial charge in [-0.1, -0.05) is 0 Å². The van der Waals surface area contributed by atoms with Crippen LogP contribution in [0.2, 0.25) is 0 Å².